The Morgan fingerprint density at radius 2 is 2.11 bits per heavy atom. The molecule has 0 radical (unpaired) electrons. The highest BCUT2D eigenvalue weighted by atomic mass is 16.5. The summed E-state index contributed by atoms with van der Waals surface area (Å²) in [7, 11) is 0. The summed E-state index contributed by atoms with van der Waals surface area (Å²) in [6.45, 7) is 0.479. The summed E-state index contributed by atoms with van der Waals surface area (Å²) in [4.78, 5) is 12.1. The van der Waals surface area contributed by atoms with Crippen molar-refractivity contribution in [2.24, 2.45) is 11.3 Å². The largest absolute Gasteiger partial charge is 0.464 e. The average molecular weight is 247 g/mol. The molecule has 2 aliphatic rings. The van der Waals surface area contributed by atoms with Gasteiger partial charge in [-0.25, -0.2) is 0 Å². The Hall–Kier alpha value is -1.30. The molecular weight excluding hydrogens is 226 g/mol. The number of carbonyl (C=O) groups is 1. The Kier molecular flexibility index (Phi) is 4.41. The quantitative estimate of drug-likeness (QED) is 0.567. The van der Waals surface area contributed by atoms with Gasteiger partial charge in [-0.2, -0.15) is 5.26 Å². The summed E-state index contributed by atoms with van der Waals surface area (Å²) in [5, 5.41) is 9.29. The summed E-state index contributed by atoms with van der Waals surface area (Å²) in [5.74, 6) is 0.164. The van der Waals surface area contributed by atoms with Crippen LogP contribution in [-0.2, 0) is 9.53 Å². The zero-order valence-corrected chi connectivity index (χ0v) is 10.9. The molecular formula is C15H21NO2. The number of rotatable bonds is 3. The second kappa shape index (κ2) is 6.04. The molecule has 1 saturated carbocycles. The molecule has 0 aliphatic heterocycles. The molecule has 2 rings (SSSR count). The summed E-state index contributed by atoms with van der Waals surface area (Å²) in [5.41, 5.74) is -0.844. The van der Waals surface area contributed by atoms with Crippen LogP contribution in [0, 0.1) is 22.7 Å². The molecule has 1 unspecified atom stereocenters. The van der Waals surface area contributed by atoms with Crippen LogP contribution in [-0.4, -0.2) is 12.6 Å². The third kappa shape index (κ3) is 2.93. The van der Waals surface area contributed by atoms with Crippen LogP contribution in [0.2, 0.25) is 0 Å². The van der Waals surface area contributed by atoms with E-state index in [-0.39, 0.29) is 5.97 Å². The third-order valence-corrected chi connectivity index (χ3v) is 4.14. The number of esters is 1. The van der Waals surface area contributed by atoms with Crippen LogP contribution in [0.3, 0.4) is 0 Å². The van der Waals surface area contributed by atoms with Crippen molar-refractivity contribution in [1.82, 2.24) is 0 Å². The molecule has 0 aromatic carbocycles. The number of nitriles is 1. The van der Waals surface area contributed by atoms with Gasteiger partial charge in [-0.05, 0) is 38.0 Å². The minimum atomic E-state index is -0.844. The zero-order valence-electron chi connectivity index (χ0n) is 10.9. The van der Waals surface area contributed by atoms with Gasteiger partial charge >= 0.3 is 5.97 Å². The van der Waals surface area contributed by atoms with E-state index in [4.69, 9.17) is 4.74 Å². The van der Waals surface area contributed by atoms with Crippen LogP contribution < -0.4 is 0 Å². The fraction of sp³-hybridized carbons (Fsp3) is 0.733. The van der Waals surface area contributed by atoms with Crippen molar-refractivity contribution in [3.8, 4) is 6.07 Å². The van der Waals surface area contributed by atoms with Gasteiger partial charge in [0.2, 0.25) is 0 Å². The van der Waals surface area contributed by atoms with E-state index >= 15 is 0 Å². The Labute approximate surface area is 109 Å². The summed E-state index contributed by atoms with van der Waals surface area (Å²) >= 11 is 0. The molecule has 18 heavy (non-hydrogen) atoms. The molecule has 1 atom stereocenters. The second-order valence-corrected chi connectivity index (χ2v) is 5.50. The summed E-state index contributed by atoms with van der Waals surface area (Å²) < 4.78 is 5.42. The van der Waals surface area contributed by atoms with E-state index in [1.807, 2.05) is 0 Å². The van der Waals surface area contributed by atoms with Crippen LogP contribution >= 0.6 is 0 Å². The fourth-order valence-electron chi connectivity index (χ4n) is 2.86. The van der Waals surface area contributed by atoms with Crippen molar-refractivity contribution in [3.05, 3.63) is 12.2 Å². The molecule has 1 fully saturated rings. The van der Waals surface area contributed by atoms with E-state index in [1.165, 1.54) is 0 Å². The predicted molar refractivity (Wildman–Crippen MR) is 68.6 cm³/mol. The van der Waals surface area contributed by atoms with Crippen LogP contribution in [0.1, 0.15) is 51.4 Å². The van der Waals surface area contributed by atoms with Gasteiger partial charge in [-0.3, -0.25) is 4.79 Å². The molecule has 3 heteroatoms. The molecule has 3 nitrogen and oxygen atoms in total. The van der Waals surface area contributed by atoms with Crippen LogP contribution in [0.25, 0.3) is 0 Å². The highest BCUT2D eigenvalue weighted by Gasteiger charge is 2.41. The van der Waals surface area contributed by atoms with Gasteiger partial charge in [0.15, 0.2) is 5.41 Å². The first-order valence-corrected chi connectivity index (χ1v) is 7.00. The van der Waals surface area contributed by atoms with Crippen LogP contribution in [0.15, 0.2) is 12.2 Å². The summed E-state index contributed by atoms with van der Waals surface area (Å²) in [6.07, 6.45) is 11.9. The fourth-order valence-corrected chi connectivity index (χ4v) is 2.86. The SMILES string of the molecule is N#CC1(C(=O)OCC2CC=CCC2)CCCCC1. The van der Waals surface area contributed by atoms with Gasteiger partial charge in [0.1, 0.15) is 0 Å². The standard InChI is InChI=1S/C15H21NO2/c16-12-15(9-5-2-6-10-15)14(17)18-11-13-7-3-1-4-8-13/h1,3,13H,2,4-11H2. The van der Waals surface area contributed by atoms with Crippen LogP contribution in [0.4, 0.5) is 0 Å². The first-order valence-electron chi connectivity index (χ1n) is 7.00. The molecule has 0 aromatic rings. The van der Waals surface area contributed by atoms with Gasteiger partial charge < -0.3 is 4.74 Å². The number of allylic oxidation sites excluding steroid dienone is 2. The molecule has 0 aromatic heterocycles. The Balaban J connectivity index is 1.86. The van der Waals surface area contributed by atoms with Crippen molar-refractivity contribution in [2.45, 2.75) is 51.4 Å². The van der Waals surface area contributed by atoms with Gasteiger partial charge in [0.25, 0.3) is 0 Å². The normalized spacial score (nSPS) is 26.3. The van der Waals surface area contributed by atoms with Gasteiger partial charge in [-0.15, -0.1) is 0 Å². The van der Waals surface area contributed by atoms with E-state index in [2.05, 4.69) is 18.2 Å². The lowest BCUT2D eigenvalue weighted by atomic mass is 9.75. The number of hydrogen-bond acceptors (Lipinski definition) is 3. The highest BCUT2D eigenvalue weighted by molar-refractivity contribution is 5.80. The minimum Gasteiger partial charge on any atom is -0.464 e. The van der Waals surface area contributed by atoms with Gasteiger partial charge in [0, 0.05) is 0 Å². The lowest BCUT2D eigenvalue weighted by Crippen LogP contribution is -2.34. The van der Waals surface area contributed by atoms with E-state index in [9.17, 15) is 10.1 Å². The predicted octanol–water partition coefficient (Wildman–Crippen LogP) is 3.36. The van der Waals surface area contributed by atoms with Crippen molar-refractivity contribution < 1.29 is 9.53 Å². The third-order valence-electron chi connectivity index (χ3n) is 4.14. The van der Waals surface area contributed by atoms with Gasteiger partial charge in [0.05, 0.1) is 12.7 Å². The first kappa shape index (κ1) is 13.1. The van der Waals surface area contributed by atoms with Gasteiger partial charge in [-0.1, -0.05) is 31.4 Å². The van der Waals surface area contributed by atoms with E-state index < -0.39 is 5.41 Å². The Morgan fingerprint density at radius 1 is 1.33 bits per heavy atom. The molecule has 0 heterocycles. The Morgan fingerprint density at radius 3 is 2.72 bits per heavy atom. The first-order chi connectivity index (χ1) is 8.77. The highest BCUT2D eigenvalue weighted by Crippen LogP contribution is 2.37. The number of ether oxygens (including phenoxy) is 1. The van der Waals surface area contributed by atoms with Crippen molar-refractivity contribution in [2.75, 3.05) is 6.61 Å². The monoisotopic (exact) mass is 247 g/mol. The molecule has 2 aliphatic carbocycles. The van der Waals surface area contributed by atoms with E-state index in [1.54, 1.807) is 0 Å². The molecule has 0 N–H and O–H groups in total. The molecule has 0 amide bonds. The maximum atomic E-state index is 12.1. The van der Waals surface area contributed by atoms with Crippen molar-refractivity contribution >= 4 is 5.97 Å². The second-order valence-electron chi connectivity index (χ2n) is 5.50. The Bertz CT molecular complexity index is 361. The van der Waals surface area contributed by atoms with E-state index in [0.717, 1.165) is 38.5 Å². The van der Waals surface area contributed by atoms with Crippen LogP contribution in [0.5, 0.6) is 0 Å². The van der Waals surface area contributed by atoms with Crippen molar-refractivity contribution in [3.63, 3.8) is 0 Å². The molecule has 0 saturated heterocycles. The number of nitrogens with zero attached hydrogens (tertiary/aromatic N) is 1. The smallest absolute Gasteiger partial charge is 0.326 e. The molecule has 0 bridgehead atoms. The lowest BCUT2D eigenvalue weighted by molar-refractivity contribution is -0.155. The van der Waals surface area contributed by atoms with Crippen molar-refractivity contribution in [1.29, 1.82) is 5.26 Å². The molecule has 98 valence electrons. The topological polar surface area (TPSA) is 50.1 Å². The zero-order chi connectivity index (χ0) is 12.8. The maximum absolute atomic E-state index is 12.1. The average Bonchev–Trinajstić information content (AvgIpc) is 2.46. The minimum absolute atomic E-state index is 0.278. The van der Waals surface area contributed by atoms with E-state index in [0.29, 0.717) is 25.4 Å². The number of hydrogen-bond donors (Lipinski definition) is 0. The molecule has 0 spiro atoms. The number of carbonyl (C=O) groups excluding carboxylic acids is 1. The lowest BCUT2D eigenvalue weighted by Gasteiger charge is -2.29. The summed E-state index contributed by atoms with van der Waals surface area (Å²) in [6, 6.07) is 2.22. The maximum Gasteiger partial charge on any atom is 0.326 e.